The zero-order valence-corrected chi connectivity index (χ0v) is 33.4. The summed E-state index contributed by atoms with van der Waals surface area (Å²) in [4.78, 5) is 12.0. The van der Waals surface area contributed by atoms with Gasteiger partial charge in [0.1, 0.15) is 5.60 Å². The standard InChI is InChI=1S/C28H40OSi.C16H28O3/c1-6-23(2)20-21-24-14-13-15-25(22-24)29-30(28(3,4)5,26-16-9-7-10-17-26)27-18-11-8-12-19-27;1-5-13(15(18)19-16(2,3)4)10-9-12-7-6-8-14(17)11-12/h7-12,16-20,24-25H,6,13-15,21-22H2,1-5H3;10,12,14,17H,5-9,11H2,1-4H3. The maximum atomic E-state index is 12.0. The van der Waals surface area contributed by atoms with E-state index in [1.54, 1.807) is 0 Å². The number of ether oxygens (including phenoxy) is 1. The molecule has 1 N–H and O–H groups in total. The van der Waals surface area contributed by atoms with Crippen LogP contribution in [0.5, 0.6) is 0 Å². The summed E-state index contributed by atoms with van der Waals surface area (Å²) in [6.07, 6.45) is 17.7. The first-order valence-corrected chi connectivity index (χ1v) is 21.1. The smallest absolute Gasteiger partial charge is 0.334 e. The second-order valence-corrected chi connectivity index (χ2v) is 20.8. The molecule has 2 aliphatic carbocycles. The Morgan fingerprint density at radius 1 is 0.776 bits per heavy atom. The number of carbonyl (C=O) groups excluding carboxylic acids is 1. The van der Waals surface area contributed by atoms with Crippen molar-refractivity contribution in [3.63, 3.8) is 0 Å². The van der Waals surface area contributed by atoms with Gasteiger partial charge in [0, 0.05) is 11.7 Å². The van der Waals surface area contributed by atoms with E-state index >= 15 is 0 Å². The van der Waals surface area contributed by atoms with E-state index in [1.165, 1.54) is 48.1 Å². The molecule has 2 aliphatic rings. The summed E-state index contributed by atoms with van der Waals surface area (Å²) in [6, 6.07) is 22.2. The fourth-order valence-corrected chi connectivity index (χ4v) is 12.2. The lowest BCUT2D eigenvalue weighted by Crippen LogP contribution is -2.67. The Balaban J connectivity index is 0.000000295. The molecule has 0 aromatic heterocycles. The SMILES string of the molecule is CCC(=CCC1CCCC(O)C1)C(=O)OC(C)(C)C.CCC(C)=CCC1CCCC(O[Si](c2ccccc2)(c2ccccc2)C(C)(C)C)C1. The molecule has 0 aliphatic heterocycles. The maximum Gasteiger partial charge on any atom is 0.334 e. The third kappa shape index (κ3) is 12.7. The zero-order chi connectivity index (χ0) is 36.1. The van der Waals surface area contributed by atoms with Gasteiger partial charge in [0.25, 0.3) is 8.32 Å². The Hall–Kier alpha value is -2.47. The largest absolute Gasteiger partial charge is 0.457 e. The average molecular weight is 689 g/mol. The molecule has 272 valence electrons. The van der Waals surface area contributed by atoms with Crippen molar-refractivity contribution in [3.8, 4) is 0 Å². The van der Waals surface area contributed by atoms with Crippen molar-refractivity contribution >= 4 is 24.7 Å². The lowest BCUT2D eigenvalue weighted by atomic mass is 9.84. The van der Waals surface area contributed by atoms with Gasteiger partial charge in [-0.15, -0.1) is 0 Å². The van der Waals surface area contributed by atoms with E-state index in [0.29, 0.717) is 18.4 Å². The van der Waals surface area contributed by atoms with E-state index in [0.717, 1.165) is 50.0 Å². The van der Waals surface area contributed by atoms with E-state index in [4.69, 9.17) is 9.16 Å². The van der Waals surface area contributed by atoms with Gasteiger partial charge in [0.2, 0.25) is 0 Å². The van der Waals surface area contributed by atoms with Crippen LogP contribution < -0.4 is 10.4 Å². The van der Waals surface area contributed by atoms with Crippen molar-refractivity contribution in [1.29, 1.82) is 0 Å². The molecule has 0 saturated heterocycles. The lowest BCUT2D eigenvalue weighted by Gasteiger charge is -2.46. The topological polar surface area (TPSA) is 55.8 Å². The Morgan fingerprint density at radius 3 is 1.80 bits per heavy atom. The second-order valence-electron chi connectivity index (χ2n) is 16.6. The molecule has 2 aromatic carbocycles. The molecule has 0 bridgehead atoms. The molecule has 5 heteroatoms. The summed E-state index contributed by atoms with van der Waals surface area (Å²) in [7, 11) is -2.43. The molecule has 0 amide bonds. The van der Waals surface area contributed by atoms with Gasteiger partial charge in [-0.25, -0.2) is 4.79 Å². The minimum Gasteiger partial charge on any atom is -0.457 e. The number of hydrogen-bond acceptors (Lipinski definition) is 4. The summed E-state index contributed by atoms with van der Waals surface area (Å²) in [6.45, 7) is 19.3. The van der Waals surface area contributed by atoms with Crippen molar-refractivity contribution in [2.24, 2.45) is 11.8 Å². The van der Waals surface area contributed by atoms with Crippen LogP contribution in [0.1, 0.15) is 139 Å². The summed E-state index contributed by atoms with van der Waals surface area (Å²) < 4.78 is 12.8. The molecular formula is C44H68O4Si. The molecule has 2 saturated carbocycles. The molecule has 0 spiro atoms. The Bertz CT molecular complexity index is 1280. The Kier molecular flexibility index (Phi) is 16.1. The van der Waals surface area contributed by atoms with Gasteiger partial charge in [0.05, 0.1) is 6.10 Å². The quantitative estimate of drug-likeness (QED) is 0.110. The van der Waals surface area contributed by atoms with Crippen LogP contribution in [-0.2, 0) is 14.0 Å². The van der Waals surface area contributed by atoms with Crippen LogP contribution in [0.3, 0.4) is 0 Å². The molecule has 2 fully saturated rings. The van der Waals surface area contributed by atoms with Crippen LogP contribution in [-0.4, -0.2) is 37.2 Å². The van der Waals surface area contributed by atoms with Gasteiger partial charge >= 0.3 is 5.97 Å². The molecule has 4 atom stereocenters. The van der Waals surface area contributed by atoms with E-state index in [2.05, 4.69) is 101 Å². The van der Waals surface area contributed by atoms with Gasteiger partial charge in [-0.2, -0.15) is 0 Å². The fraction of sp³-hybridized carbons (Fsp3) is 0.614. The first-order chi connectivity index (χ1) is 23.2. The minimum atomic E-state index is -2.43. The van der Waals surface area contributed by atoms with Gasteiger partial charge in [0.15, 0.2) is 0 Å². The summed E-state index contributed by atoms with van der Waals surface area (Å²) in [5.41, 5.74) is 1.84. The van der Waals surface area contributed by atoms with Gasteiger partial charge in [-0.1, -0.05) is 126 Å². The number of rotatable bonds is 11. The summed E-state index contributed by atoms with van der Waals surface area (Å²) in [5.74, 6) is 1.06. The first kappa shape index (κ1) is 41.0. The van der Waals surface area contributed by atoms with Crippen molar-refractivity contribution in [1.82, 2.24) is 0 Å². The minimum absolute atomic E-state index is 0.0569. The third-order valence-corrected chi connectivity index (χ3v) is 15.4. The second kappa shape index (κ2) is 19.2. The predicted molar refractivity (Wildman–Crippen MR) is 210 cm³/mol. The average Bonchev–Trinajstić information content (AvgIpc) is 3.06. The van der Waals surface area contributed by atoms with Crippen LogP contribution in [0, 0.1) is 11.8 Å². The lowest BCUT2D eigenvalue weighted by molar-refractivity contribution is -0.150. The predicted octanol–water partition coefficient (Wildman–Crippen LogP) is 10.5. The number of allylic oxidation sites excluding steroid dienone is 3. The van der Waals surface area contributed by atoms with Gasteiger partial charge in [-0.05, 0) is 119 Å². The Morgan fingerprint density at radius 2 is 1.31 bits per heavy atom. The normalized spacial score (nSPS) is 22.6. The molecule has 2 aromatic rings. The van der Waals surface area contributed by atoms with E-state index in [9.17, 15) is 9.90 Å². The summed E-state index contributed by atoms with van der Waals surface area (Å²) >= 11 is 0. The number of aliphatic hydroxyl groups is 1. The van der Waals surface area contributed by atoms with E-state index in [-0.39, 0.29) is 17.1 Å². The van der Waals surface area contributed by atoms with Crippen molar-refractivity contribution < 1.29 is 19.1 Å². The van der Waals surface area contributed by atoms with Crippen molar-refractivity contribution in [3.05, 3.63) is 84.0 Å². The zero-order valence-electron chi connectivity index (χ0n) is 32.4. The fourth-order valence-electron chi connectivity index (χ4n) is 7.52. The number of esters is 1. The molecule has 0 heterocycles. The van der Waals surface area contributed by atoms with Crippen molar-refractivity contribution in [2.45, 2.75) is 162 Å². The molecular weight excluding hydrogens is 621 g/mol. The highest BCUT2D eigenvalue weighted by molar-refractivity contribution is 6.99. The summed E-state index contributed by atoms with van der Waals surface area (Å²) in [5, 5.41) is 12.5. The van der Waals surface area contributed by atoms with E-state index in [1.807, 2.05) is 33.8 Å². The number of benzene rings is 2. The van der Waals surface area contributed by atoms with E-state index < -0.39 is 13.9 Å². The van der Waals surface area contributed by atoms with Crippen LogP contribution in [0.2, 0.25) is 5.04 Å². The van der Waals surface area contributed by atoms with Gasteiger partial charge < -0.3 is 14.3 Å². The van der Waals surface area contributed by atoms with Crippen LogP contribution in [0.25, 0.3) is 0 Å². The molecule has 4 rings (SSSR count). The number of aliphatic hydroxyl groups excluding tert-OH is 1. The number of hydrogen-bond donors (Lipinski definition) is 1. The highest BCUT2D eigenvalue weighted by Crippen LogP contribution is 2.40. The third-order valence-electron chi connectivity index (χ3n) is 10.3. The van der Waals surface area contributed by atoms with Crippen molar-refractivity contribution in [2.75, 3.05) is 0 Å². The van der Waals surface area contributed by atoms with Crippen LogP contribution in [0.4, 0.5) is 0 Å². The van der Waals surface area contributed by atoms with Crippen LogP contribution in [0.15, 0.2) is 84.0 Å². The van der Waals surface area contributed by atoms with Crippen LogP contribution >= 0.6 is 0 Å². The molecule has 49 heavy (non-hydrogen) atoms. The Labute approximate surface area is 300 Å². The first-order valence-electron chi connectivity index (χ1n) is 19.2. The molecule has 4 unspecified atom stereocenters. The monoisotopic (exact) mass is 688 g/mol. The van der Waals surface area contributed by atoms with Gasteiger partial charge in [-0.3, -0.25) is 0 Å². The highest BCUT2D eigenvalue weighted by Gasteiger charge is 2.51. The molecule has 0 radical (unpaired) electrons. The highest BCUT2D eigenvalue weighted by atomic mass is 28.4. The number of carbonyl (C=O) groups is 1. The molecule has 4 nitrogen and oxygen atoms in total. The maximum absolute atomic E-state index is 12.0.